The highest BCUT2D eigenvalue weighted by atomic mass is 35.5. The molecule has 2 heterocycles. The van der Waals surface area contributed by atoms with Gasteiger partial charge in [0, 0.05) is 18.3 Å². The zero-order chi connectivity index (χ0) is 9.10. The Morgan fingerprint density at radius 3 is 3.07 bits per heavy atom. The van der Waals surface area contributed by atoms with Gasteiger partial charge in [-0.2, -0.15) is 0 Å². The molecule has 1 aliphatic rings. The van der Waals surface area contributed by atoms with Crippen molar-refractivity contribution in [1.82, 2.24) is 10.3 Å². The van der Waals surface area contributed by atoms with Gasteiger partial charge in [-0.3, -0.25) is 0 Å². The van der Waals surface area contributed by atoms with E-state index in [-0.39, 0.29) is 18.4 Å². The van der Waals surface area contributed by atoms with Crippen LogP contribution in [0.25, 0.3) is 0 Å². The highest BCUT2D eigenvalue weighted by Crippen LogP contribution is 2.21. The molecule has 0 aromatic carbocycles. The molecule has 0 radical (unpaired) electrons. The maximum atomic E-state index is 5.95. The largest absolute Gasteiger partial charge is 0.378 e. The Morgan fingerprint density at radius 1 is 1.57 bits per heavy atom. The number of ether oxygens (including phenoxy) is 1. The summed E-state index contributed by atoms with van der Waals surface area (Å²) in [6, 6.07) is 4.05. The van der Waals surface area contributed by atoms with E-state index in [1.54, 1.807) is 6.20 Å². The molecule has 0 saturated carbocycles. The van der Waals surface area contributed by atoms with E-state index in [4.69, 9.17) is 16.3 Å². The number of nitrogens with zero attached hydrogens (tertiary/aromatic N) is 1. The van der Waals surface area contributed by atoms with E-state index in [1.165, 1.54) is 0 Å². The van der Waals surface area contributed by atoms with Gasteiger partial charge in [0.05, 0.1) is 19.3 Å². The fraction of sp³-hybridized carbons (Fsp3) is 0.444. The maximum absolute atomic E-state index is 5.95. The first-order valence-corrected chi connectivity index (χ1v) is 4.67. The molecule has 0 bridgehead atoms. The SMILES string of the molecule is Cl.Clc1ncccc1[C@@H]1COCCN1. The number of hydrogen-bond donors (Lipinski definition) is 1. The Kier molecular flexibility index (Phi) is 4.62. The molecule has 0 aliphatic carbocycles. The highest BCUT2D eigenvalue weighted by molar-refractivity contribution is 6.30. The summed E-state index contributed by atoms with van der Waals surface area (Å²) >= 11 is 5.95. The summed E-state index contributed by atoms with van der Waals surface area (Å²) in [7, 11) is 0. The Hall–Kier alpha value is -0.350. The molecular formula is C9H12Cl2N2O. The Morgan fingerprint density at radius 2 is 2.43 bits per heavy atom. The normalized spacial score (nSPS) is 21.4. The number of halogens is 2. The summed E-state index contributed by atoms with van der Waals surface area (Å²) in [6.45, 7) is 2.32. The van der Waals surface area contributed by atoms with Crippen LogP contribution < -0.4 is 5.32 Å². The Bertz CT molecular complexity index is 290. The summed E-state index contributed by atoms with van der Waals surface area (Å²) in [5, 5.41) is 3.89. The quantitative estimate of drug-likeness (QED) is 0.754. The second kappa shape index (κ2) is 5.51. The van der Waals surface area contributed by atoms with Crippen molar-refractivity contribution in [2.24, 2.45) is 0 Å². The molecule has 2 rings (SSSR count). The molecule has 0 spiro atoms. The van der Waals surface area contributed by atoms with Crippen LogP contribution in [0.5, 0.6) is 0 Å². The van der Waals surface area contributed by atoms with Gasteiger partial charge in [-0.15, -0.1) is 12.4 Å². The first-order chi connectivity index (χ1) is 6.38. The van der Waals surface area contributed by atoms with Crippen LogP contribution in [0.4, 0.5) is 0 Å². The Labute approximate surface area is 94.2 Å². The second-order valence-electron chi connectivity index (χ2n) is 2.97. The molecule has 14 heavy (non-hydrogen) atoms. The summed E-state index contributed by atoms with van der Waals surface area (Å²) in [5.41, 5.74) is 1.02. The van der Waals surface area contributed by atoms with Gasteiger partial charge in [-0.1, -0.05) is 17.7 Å². The van der Waals surface area contributed by atoms with Gasteiger partial charge >= 0.3 is 0 Å². The van der Waals surface area contributed by atoms with Crippen LogP contribution >= 0.6 is 24.0 Å². The van der Waals surface area contributed by atoms with Gasteiger partial charge in [0.15, 0.2) is 0 Å². The molecular weight excluding hydrogens is 223 g/mol. The van der Waals surface area contributed by atoms with E-state index in [0.29, 0.717) is 11.8 Å². The minimum absolute atomic E-state index is 0. The van der Waals surface area contributed by atoms with E-state index in [2.05, 4.69) is 10.3 Å². The molecule has 1 fully saturated rings. The van der Waals surface area contributed by atoms with Crippen molar-refractivity contribution < 1.29 is 4.74 Å². The molecule has 3 nitrogen and oxygen atoms in total. The Balaban J connectivity index is 0.000000980. The third-order valence-electron chi connectivity index (χ3n) is 2.09. The molecule has 1 aromatic rings. The first-order valence-electron chi connectivity index (χ1n) is 4.29. The molecule has 1 N–H and O–H groups in total. The van der Waals surface area contributed by atoms with Crippen LogP contribution in [-0.4, -0.2) is 24.7 Å². The third kappa shape index (κ3) is 2.58. The van der Waals surface area contributed by atoms with E-state index in [1.807, 2.05) is 12.1 Å². The molecule has 0 unspecified atom stereocenters. The van der Waals surface area contributed by atoms with Crippen molar-refractivity contribution >= 4 is 24.0 Å². The second-order valence-corrected chi connectivity index (χ2v) is 3.32. The lowest BCUT2D eigenvalue weighted by Crippen LogP contribution is -2.34. The van der Waals surface area contributed by atoms with Gasteiger partial charge in [0.2, 0.25) is 0 Å². The molecule has 0 amide bonds. The van der Waals surface area contributed by atoms with E-state index < -0.39 is 0 Å². The van der Waals surface area contributed by atoms with E-state index in [9.17, 15) is 0 Å². The summed E-state index contributed by atoms with van der Waals surface area (Å²) < 4.78 is 5.34. The topological polar surface area (TPSA) is 34.1 Å². The monoisotopic (exact) mass is 234 g/mol. The number of pyridine rings is 1. The van der Waals surface area contributed by atoms with Crippen molar-refractivity contribution in [2.45, 2.75) is 6.04 Å². The van der Waals surface area contributed by atoms with Gasteiger partial charge in [-0.25, -0.2) is 4.98 Å². The average molecular weight is 235 g/mol. The van der Waals surface area contributed by atoms with Crippen molar-refractivity contribution in [3.05, 3.63) is 29.0 Å². The summed E-state index contributed by atoms with van der Waals surface area (Å²) in [4.78, 5) is 4.02. The van der Waals surface area contributed by atoms with E-state index in [0.717, 1.165) is 18.7 Å². The van der Waals surface area contributed by atoms with Gasteiger partial charge in [0.1, 0.15) is 5.15 Å². The van der Waals surface area contributed by atoms with Gasteiger partial charge in [-0.05, 0) is 6.07 Å². The van der Waals surface area contributed by atoms with Crippen LogP contribution in [0.3, 0.4) is 0 Å². The van der Waals surface area contributed by atoms with Gasteiger partial charge < -0.3 is 10.1 Å². The first kappa shape index (κ1) is 11.7. The summed E-state index contributed by atoms with van der Waals surface area (Å²) in [6.07, 6.45) is 1.69. The van der Waals surface area contributed by atoms with Crippen LogP contribution in [0.15, 0.2) is 18.3 Å². The third-order valence-corrected chi connectivity index (χ3v) is 2.40. The zero-order valence-electron chi connectivity index (χ0n) is 7.57. The number of aromatic nitrogens is 1. The molecule has 1 aromatic heterocycles. The van der Waals surface area contributed by atoms with Crippen LogP contribution in [0.1, 0.15) is 11.6 Å². The lowest BCUT2D eigenvalue weighted by molar-refractivity contribution is 0.0768. The summed E-state index contributed by atoms with van der Waals surface area (Å²) in [5.74, 6) is 0. The fourth-order valence-electron chi connectivity index (χ4n) is 1.42. The van der Waals surface area contributed by atoms with Crippen LogP contribution in [0.2, 0.25) is 5.15 Å². The molecule has 1 atom stereocenters. The van der Waals surface area contributed by atoms with Crippen molar-refractivity contribution in [1.29, 1.82) is 0 Å². The average Bonchev–Trinajstić information content (AvgIpc) is 2.20. The lowest BCUT2D eigenvalue weighted by Gasteiger charge is -2.24. The van der Waals surface area contributed by atoms with Crippen LogP contribution in [0, 0.1) is 0 Å². The maximum Gasteiger partial charge on any atom is 0.133 e. The molecule has 1 saturated heterocycles. The van der Waals surface area contributed by atoms with Crippen molar-refractivity contribution in [3.8, 4) is 0 Å². The van der Waals surface area contributed by atoms with Gasteiger partial charge in [0.25, 0.3) is 0 Å². The number of morpholine rings is 1. The fourth-order valence-corrected chi connectivity index (χ4v) is 1.67. The number of rotatable bonds is 1. The smallest absolute Gasteiger partial charge is 0.133 e. The predicted octanol–water partition coefficient (Wildman–Crippen LogP) is 1.82. The molecule has 1 aliphatic heterocycles. The lowest BCUT2D eigenvalue weighted by atomic mass is 10.1. The minimum atomic E-state index is 0. The van der Waals surface area contributed by atoms with E-state index >= 15 is 0 Å². The standard InChI is InChI=1S/C9H11ClN2O.ClH/c10-9-7(2-1-3-12-9)8-6-13-5-4-11-8;/h1-3,8,11H,4-6H2;1H/t8-;/m0./s1. The number of hydrogen-bond acceptors (Lipinski definition) is 3. The van der Waals surface area contributed by atoms with Crippen LogP contribution in [-0.2, 0) is 4.74 Å². The van der Waals surface area contributed by atoms with Crippen molar-refractivity contribution in [2.75, 3.05) is 19.8 Å². The highest BCUT2D eigenvalue weighted by Gasteiger charge is 2.17. The molecule has 5 heteroatoms. The van der Waals surface area contributed by atoms with Crippen molar-refractivity contribution in [3.63, 3.8) is 0 Å². The predicted molar refractivity (Wildman–Crippen MR) is 58.1 cm³/mol. The zero-order valence-corrected chi connectivity index (χ0v) is 9.14. The minimum Gasteiger partial charge on any atom is -0.378 e. The number of nitrogens with one attached hydrogen (secondary N) is 1. The molecule has 78 valence electrons.